The van der Waals surface area contributed by atoms with Gasteiger partial charge in [-0.1, -0.05) is 36.4 Å². The summed E-state index contributed by atoms with van der Waals surface area (Å²) >= 11 is 0. The van der Waals surface area contributed by atoms with Crippen LogP contribution in [-0.4, -0.2) is 15.3 Å². The van der Waals surface area contributed by atoms with Gasteiger partial charge in [-0.3, -0.25) is 14.1 Å². The Morgan fingerprint density at radius 2 is 1.68 bits per heavy atom. The van der Waals surface area contributed by atoms with Crippen LogP contribution in [0.1, 0.15) is 5.56 Å². The van der Waals surface area contributed by atoms with Crippen LogP contribution in [0.25, 0.3) is 17.1 Å². The minimum absolute atomic E-state index is 0.0277. The summed E-state index contributed by atoms with van der Waals surface area (Å²) in [5.41, 5.74) is 3.72. The summed E-state index contributed by atoms with van der Waals surface area (Å²) in [6, 6.07) is 15.8. The molecule has 0 bridgehead atoms. The summed E-state index contributed by atoms with van der Waals surface area (Å²) in [6.45, 7) is 0. The van der Waals surface area contributed by atoms with Crippen LogP contribution >= 0.6 is 0 Å². The lowest BCUT2D eigenvalue weighted by atomic mass is 10.2. The number of benzene rings is 2. The normalized spacial score (nSPS) is 11.9. The van der Waals surface area contributed by atoms with E-state index in [4.69, 9.17) is 0 Å². The molecule has 4 nitrogen and oxygen atoms in total. The average molecular weight is 291 g/mol. The first-order chi connectivity index (χ1) is 10.7. The Bertz CT molecular complexity index is 915. The van der Waals surface area contributed by atoms with Crippen LogP contribution in [0.5, 0.6) is 0 Å². The molecule has 0 amide bonds. The van der Waals surface area contributed by atoms with Crippen molar-refractivity contribution in [3.05, 3.63) is 70.7 Å². The van der Waals surface area contributed by atoms with Crippen LogP contribution in [0.2, 0.25) is 0 Å². The molecule has 2 aromatic carbocycles. The van der Waals surface area contributed by atoms with Gasteiger partial charge in [-0.05, 0) is 29.8 Å². The van der Waals surface area contributed by atoms with Gasteiger partial charge >= 0.3 is 5.69 Å². The zero-order valence-corrected chi connectivity index (χ0v) is 12.6. The van der Waals surface area contributed by atoms with Crippen molar-refractivity contribution in [2.45, 2.75) is 0 Å². The zero-order chi connectivity index (χ0) is 15.5. The maximum Gasteiger partial charge on any atom is 0.328 e. The van der Waals surface area contributed by atoms with Crippen LogP contribution < -0.4 is 5.69 Å². The lowest BCUT2D eigenvalue weighted by molar-refractivity contribution is 0.795. The van der Waals surface area contributed by atoms with Gasteiger partial charge in [0.2, 0.25) is 0 Å². The van der Waals surface area contributed by atoms with Crippen molar-refractivity contribution >= 4 is 29.0 Å². The molecule has 0 unspecified atom stereocenters. The largest absolute Gasteiger partial charge is 0.328 e. The number of aromatic nitrogens is 2. The van der Waals surface area contributed by atoms with Crippen LogP contribution in [-0.2, 0) is 14.1 Å². The van der Waals surface area contributed by atoms with E-state index in [0.29, 0.717) is 0 Å². The fraction of sp³-hybridized carbons (Fsp3) is 0.111. The fourth-order valence-electron chi connectivity index (χ4n) is 2.42. The standard InChI is InChI=1S/C18H17N3O/c1-20-16-11-10-15(13-17(16)21(2)18(20)22)19-12-6-9-14-7-4-3-5-8-14/h3-13H,1-2H3. The second-order valence-electron chi connectivity index (χ2n) is 5.12. The first-order valence-electron chi connectivity index (χ1n) is 7.08. The minimum Gasteiger partial charge on any atom is -0.295 e. The second-order valence-corrected chi connectivity index (χ2v) is 5.12. The molecule has 4 heteroatoms. The summed E-state index contributed by atoms with van der Waals surface area (Å²) in [4.78, 5) is 16.3. The lowest BCUT2D eigenvalue weighted by Gasteiger charge is -1.96. The Balaban J connectivity index is 1.85. The maximum absolute atomic E-state index is 11.9. The summed E-state index contributed by atoms with van der Waals surface area (Å²) in [6.07, 6.45) is 5.67. The van der Waals surface area contributed by atoms with E-state index in [1.54, 1.807) is 29.4 Å². The number of hydrogen-bond donors (Lipinski definition) is 0. The second kappa shape index (κ2) is 5.85. The molecule has 3 rings (SSSR count). The van der Waals surface area contributed by atoms with Crippen LogP contribution in [0, 0.1) is 0 Å². The van der Waals surface area contributed by atoms with Gasteiger partial charge in [-0.2, -0.15) is 0 Å². The van der Waals surface area contributed by atoms with Gasteiger partial charge in [0.05, 0.1) is 16.7 Å². The molecule has 0 saturated heterocycles. The Labute approximate surface area is 128 Å². The third-order valence-electron chi connectivity index (χ3n) is 3.65. The lowest BCUT2D eigenvalue weighted by Crippen LogP contribution is -2.19. The highest BCUT2D eigenvalue weighted by Gasteiger charge is 2.07. The molecular formula is C18H17N3O. The molecule has 22 heavy (non-hydrogen) atoms. The molecule has 110 valence electrons. The molecule has 0 spiro atoms. The first kappa shape index (κ1) is 14.1. The summed E-state index contributed by atoms with van der Waals surface area (Å²) < 4.78 is 3.27. The summed E-state index contributed by atoms with van der Waals surface area (Å²) in [7, 11) is 3.55. The van der Waals surface area contributed by atoms with Crippen molar-refractivity contribution in [1.82, 2.24) is 9.13 Å². The molecule has 1 heterocycles. The third-order valence-corrected chi connectivity index (χ3v) is 3.65. The van der Waals surface area contributed by atoms with Crippen LogP contribution in [0.15, 0.2) is 64.4 Å². The number of hydrogen-bond acceptors (Lipinski definition) is 2. The predicted octanol–water partition coefficient (Wildman–Crippen LogP) is 3.29. The third kappa shape index (κ3) is 2.63. The Morgan fingerprint density at radius 1 is 0.955 bits per heavy atom. The quantitative estimate of drug-likeness (QED) is 0.682. The molecule has 1 aromatic heterocycles. The monoisotopic (exact) mass is 291 g/mol. The number of rotatable bonds is 3. The molecule has 0 radical (unpaired) electrons. The number of aliphatic imine (C=N–C) groups is 1. The first-order valence-corrected chi connectivity index (χ1v) is 7.08. The van der Waals surface area contributed by atoms with Crippen LogP contribution in [0.4, 0.5) is 5.69 Å². The Hall–Kier alpha value is -2.88. The van der Waals surface area contributed by atoms with Crippen molar-refractivity contribution < 1.29 is 0 Å². The zero-order valence-electron chi connectivity index (χ0n) is 12.6. The molecule has 0 aliphatic rings. The summed E-state index contributed by atoms with van der Waals surface area (Å²) in [5, 5.41) is 0. The highest BCUT2D eigenvalue weighted by Crippen LogP contribution is 2.19. The van der Waals surface area contributed by atoms with Gasteiger partial charge in [-0.15, -0.1) is 0 Å². The average Bonchev–Trinajstić information content (AvgIpc) is 2.77. The Morgan fingerprint density at radius 3 is 2.45 bits per heavy atom. The van der Waals surface area contributed by atoms with Crippen molar-refractivity contribution in [3.63, 3.8) is 0 Å². The van der Waals surface area contributed by atoms with E-state index >= 15 is 0 Å². The van der Waals surface area contributed by atoms with E-state index in [2.05, 4.69) is 4.99 Å². The molecule has 3 aromatic rings. The van der Waals surface area contributed by atoms with E-state index in [-0.39, 0.29) is 5.69 Å². The predicted molar refractivity (Wildman–Crippen MR) is 91.8 cm³/mol. The van der Waals surface area contributed by atoms with Crippen molar-refractivity contribution in [1.29, 1.82) is 0 Å². The fourth-order valence-corrected chi connectivity index (χ4v) is 2.42. The van der Waals surface area contributed by atoms with Crippen molar-refractivity contribution in [3.8, 4) is 0 Å². The molecule has 0 aliphatic carbocycles. The van der Waals surface area contributed by atoms with Gasteiger partial charge in [0.15, 0.2) is 0 Å². The van der Waals surface area contributed by atoms with Gasteiger partial charge < -0.3 is 0 Å². The van der Waals surface area contributed by atoms with Crippen LogP contribution in [0.3, 0.4) is 0 Å². The number of allylic oxidation sites excluding steroid dienone is 1. The maximum atomic E-state index is 11.9. The van der Waals surface area contributed by atoms with Gasteiger partial charge in [0.25, 0.3) is 0 Å². The molecular weight excluding hydrogens is 274 g/mol. The molecule has 0 aliphatic heterocycles. The minimum atomic E-state index is -0.0277. The topological polar surface area (TPSA) is 39.3 Å². The smallest absolute Gasteiger partial charge is 0.295 e. The number of nitrogens with zero attached hydrogens (tertiary/aromatic N) is 3. The number of imidazole rings is 1. The van der Waals surface area contributed by atoms with Gasteiger partial charge in [0, 0.05) is 20.3 Å². The van der Waals surface area contributed by atoms with Crippen molar-refractivity contribution in [2.24, 2.45) is 19.1 Å². The van der Waals surface area contributed by atoms with E-state index in [1.165, 1.54) is 0 Å². The van der Waals surface area contributed by atoms with Gasteiger partial charge in [-0.25, -0.2) is 4.79 Å². The van der Waals surface area contributed by atoms with Gasteiger partial charge in [0.1, 0.15) is 0 Å². The van der Waals surface area contributed by atoms with E-state index < -0.39 is 0 Å². The summed E-state index contributed by atoms with van der Waals surface area (Å²) in [5.74, 6) is 0. The highest BCUT2D eigenvalue weighted by molar-refractivity contribution is 5.84. The highest BCUT2D eigenvalue weighted by atomic mass is 16.1. The number of fused-ring (bicyclic) bond motifs is 1. The van der Waals surface area contributed by atoms with E-state index in [9.17, 15) is 4.79 Å². The molecule has 0 fully saturated rings. The van der Waals surface area contributed by atoms with E-state index in [1.807, 2.05) is 60.7 Å². The molecule has 0 atom stereocenters. The SMILES string of the molecule is Cn1c(=O)n(C)c2cc(N=CC=Cc3ccccc3)ccc21. The number of aryl methyl sites for hydroxylation is 2. The Kier molecular flexibility index (Phi) is 3.74. The van der Waals surface area contributed by atoms with E-state index in [0.717, 1.165) is 22.3 Å². The molecule has 0 N–H and O–H groups in total. The van der Waals surface area contributed by atoms with Crippen molar-refractivity contribution in [2.75, 3.05) is 0 Å². The molecule has 0 saturated carbocycles.